The lowest BCUT2D eigenvalue weighted by atomic mass is 9.73. The molecule has 0 amide bonds. The van der Waals surface area contributed by atoms with Crippen LogP contribution < -0.4 is 4.90 Å². The first kappa shape index (κ1) is 21.1. The van der Waals surface area contributed by atoms with Crippen molar-refractivity contribution in [2.75, 3.05) is 37.6 Å². The van der Waals surface area contributed by atoms with E-state index in [-0.39, 0.29) is 10.8 Å². The second-order valence-electron chi connectivity index (χ2n) is 10.9. The van der Waals surface area contributed by atoms with Gasteiger partial charge in [0.15, 0.2) is 5.82 Å². The predicted octanol–water partition coefficient (Wildman–Crippen LogP) is 3.15. The van der Waals surface area contributed by atoms with Gasteiger partial charge >= 0.3 is 6.18 Å². The highest BCUT2D eigenvalue weighted by Gasteiger charge is 2.76. The zero-order valence-corrected chi connectivity index (χ0v) is 19.2. The van der Waals surface area contributed by atoms with E-state index in [4.69, 9.17) is 0 Å². The van der Waals surface area contributed by atoms with Gasteiger partial charge in [0.05, 0.1) is 30.0 Å². The van der Waals surface area contributed by atoms with Crippen LogP contribution in [0.5, 0.6) is 0 Å². The van der Waals surface area contributed by atoms with E-state index in [0.29, 0.717) is 37.8 Å². The van der Waals surface area contributed by atoms with E-state index in [0.717, 1.165) is 41.7 Å². The normalized spacial score (nSPS) is 26.0. The molecule has 0 aromatic carbocycles. The summed E-state index contributed by atoms with van der Waals surface area (Å²) in [6, 6.07) is 6.37. The third kappa shape index (κ3) is 3.08. The van der Waals surface area contributed by atoms with Crippen LogP contribution in [0.2, 0.25) is 0 Å². The van der Waals surface area contributed by atoms with Crippen molar-refractivity contribution in [3.8, 4) is 11.9 Å². The van der Waals surface area contributed by atoms with Crippen molar-refractivity contribution >= 4 is 16.7 Å². The van der Waals surface area contributed by atoms with Crippen LogP contribution in [-0.4, -0.2) is 68.5 Å². The highest BCUT2D eigenvalue weighted by Crippen LogP contribution is 2.78. The Balaban J connectivity index is 1.15. The summed E-state index contributed by atoms with van der Waals surface area (Å²) in [6.45, 7) is 3.25. The molecular formula is C24H23F3N8. The largest absolute Gasteiger partial charge is 0.401 e. The first-order valence-electron chi connectivity index (χ1n) is 11.8. The van der Waals surface area contributed by atoms with E-state index in [1.807, 2.05) is 19.1 Å². The summed E-state index contributed by atoms with van der Waals surface area (Å²) in [5.41, 5.74) is 1.20. The molecule has 2 saturated heterocycles. The van der Waals surface area contributed by atoms with Crippen molar-refractivity contribution in [1.82, 2.24) is 29.6 Å². The van der Waals surface area contributed by atoms with Gasteiger partial charge < -0.3 is 4.90 Å². The number of alkyl halides is 3. The minimum atomic E-state index is -4.16. The van der Waals surface area contributed by atoms with Crippen LogP contribution in [-0.2, 0) is 5.41 Å². The van der Waals surface area contributed by atoms with Crippen LogP contribution in [0.1, 0.15) is 30.8 Å². The molecule has 2 aliphatic carbocycles. The van der Waals surface area contributed by atoms with Crippen molar-refractivity contribution in [3.63, 3.8) is 0 Å². The Hall–Kier alpha value is -3.26. The summed E-state index contributed by atoms with van der Waals surface area (Å²) >= 11 is 0. The van der Waals surface area contributed by atoms with Crippen molar-refractivity contribution < 1.29 is 13.2 Å². The molecule has 11 heteroatoms. The quantitative estimate of drug-likeness (QED) is 0.567. The van der Waals surface area contributed by atoms with Gasteiger partial charge in [-0.25, -0.2) is 14.6 Å². The first-order chi connectivity index (χ1) is 16.6. The third-order valence-electron chi connectivity index (χ3n) is 8.24. The summed E-state index contributed by atoms with van der Waals surface area (Å²) in [5.74, 6) is 1.96. The van der Waals surface area contributed by atoms with Gasteiger partial charge in [-0.2, -0.15) is 23.5 Å². The molecular weight excluding hydrogens is 457 g/mol. The minimum Gasteiger partial charge on any atom is -0.355 e. The maximum atomic E-state index is 12.6. The van der Waals surface area contributed by atoms with Gasteiger partial charge in [0.2, 0.25) is 0 Å². The monoisotopic (exact) mass is 480 g/mol. The number of hydrogen-bond acceptors (Lipinski definition) is 7. The average molecular weight is 480 g/mol. The molecule has 0 bridgehead atoms. The zero-order chi connectivity index (χ0) is 24.2. The van der Waals surface area contributed by atoms with Gasteiger partial charge in [0, 0.05) is 49.2 Å². The molecule has 3 aromatic rings. The van der Waals surface area contributed by atoms with E-state index >= 15 is 0 Å². The van der Waals surface area contributed by atoms with Crippen LogP contribution >= 0.6 is 0 Å². The van der Waals surface area contributed by atoms with Crippen LogP contribution in [0.4, 0.5) is 19.0 Å². The lowest BCUT2D eigenvalue weighted by Crippen LogP contribution is -2.73. The number of likely N-dealkylation sites (tertiary alicyclic amines) is 1. The second kappa shape index (κ2) is 6.49. The number of halogens is 3. The van der Waals surface area contributed by atoms with Gasteiger partial charge in [0.25, 0.3) is 0 Å². The number of aryl methyl sites for hydroxylation is 1. The van der Waals surface area contributed by atoms with Crippen LogP contribution in [0.3, 0.4) is 0 Å². The van der Waals surface area contributed by atoms with Gasteiger partial charge in [-0.1, -0.05) is 0 Å². The lowest BCUT2D eigenvalue weighted by molar-refractivity contribution is -0.172. The Labute approximate surface area is 199 Å². The summed E-state index contributed by atoms with van der Waals surface area (Å²) < 4.78 is 39.7. The molecule has 2 aliphatic heterocycles. The number of hydrogen-bond donors (Lipinski definition) is 0. The Morgan fingerprint density at radius 3 is 2.46 bits per heavy atom. The molecule has 1 unspecified atom stereocenters. The fourth-order valence-corrected chi connectivity index (χ4v) is 6.33. The Bertz CT molecular complexity index is 1400. The fraction of sp³-hybridized carbons (Fsp3) is 0.542. The molecule has 35 heavy (non-hydrogen) atoms. The van der Waals surface area contributed by atoms with Crippen molar-refractivity contribution in [2.45, 2.75) is 37.8 Å². The molecule has 4 fully saturated rings. The number of aromatic nitrogens is 5. The molecule has 7 rings (SSSR count). The van der Waals surface area contributed by atoms with E-state index in [1.54, 1.807) is 17.1 Å². The van der Waals surface area contributed by atoms with Crippen molar-refractivity contribution in [1.29, 1.82) is 5.26 Å². The van der Waals surface area contributed by atoms with Crippen LogP contribution in [0.25, 0.3) is 16.7 Å². The number of pyridine rings is 1. The molecule has 180 valence electrons. The Morgan fingerprint density at radius 2 is 1.80 bits per heavy atom. The molecule has 0 radical (unpaired) electrons. The van der Waals surface area contributed by atoms with E-state index in [1.165, 1.54) is 4.90 Å². The fourth-order valence-electron chi connectivity index (χ4n) is 6.33. The number of nitriles is 1. The van der Waals surface area contributed by atoms with Gasteiger partial charge in [-0.05, 0) is 37.7 Å². The Morgan fingerprint density at radius 1 is 1.06 bits per heavy atom. The molecule has 3 aromatic heterocycles. The Kier molecular flexibility index (Phi) is 3.90. The smallest absolute Gasteiger partial charge is 0.355 e. The summed E-state index contributed by atoms with van der Waals surface area (Å²) in [7, 11) is 0. The molecule has 8 nitrogen and oxygen atoms in total. The number of rotatable bonds is 4. The predicted molar refractivity (Wildman–Crippen MR) is 120 cm³/mol. The summed E-state index contributed by atoms with van der Waals surface area (Å²) in [4.78, 5) is 17.3. The molecule has 0 N–H and O–H groups in total. The van der Waals surface area contributed by atoms with E-state index < -0.39 is 18.1 Å². The minimum absolute atomic E-state index is 0.0854. The van der Waals surface area contributed by atoms with Crippen LogP contribution in [0, 0.1) is 29.1 Å². The topological polar surface area (TPSA) is 86.8 Å². The standard InChI is InChI=1S/C24H23F3N8/c1-15-31-19(34-12-21(13-34)10-33(11-21)14-24(25,26)27)5-20(32-15)35-17-4-18(29-6-16(17)7-30-35)23(9-28)8-22(23)2-3-22/h4-7H,2-3,8,10-14H2,1H3. The zero-order valence-electron chi connectivity index (χ0n) is 19.2. The molecule has 2 saturated carbocycles. The highest BCUT2D eigenvalue weighted by molar-refractivity contribution is 5.80. The number of anilines is 1. The molecule has 4 aliphatic rings. The van der Waals surface area contributed by atoms with Gasteiger partial charge in [0.1, 0.15) is 17.1 Å². The highest BCUT2D eigenvalue weighted by atomic mass is 19.4. The SMILES string of the molecule is Cc1nc(N2CC3(CN(CC(F)(F)F)C3)C2)cc(-n2ncc3cnc(C4(C#N)CC45CC5)cc32)n1. The number of fused-ring (bicyclic) bond motifs is 1. The van der Waals surface area contributed by atoms with E-state index in [9.17, 15) is 18.4 Å². The lowest BCUT2D eigenvalue weighted by Gasteiger charge is -2.60. The average Bonchev–Trinajstić information content (AvgIpc) is 3.62. The van der Waals surface area contributed by atoms with Crippen LogP contribution in [0.15, 0.2) is 24.5 Å². The van der Waals surface area contributed by atoms with Gasteiger partial charge in [-0.15, -0.1) is 0 Å². The molecule has 1 atom stereocenters. The van der Waals surface area contributed by atoms with E-state index in [2.05, 4.69) is 31.0 Å². The maximum Gasteiger partial charge on any atom is 0.401 e. The molecule has 2 spiro atoms. The third-order valence-corrected chi connectivity index (χ3v) is 8.24. The number of nitrogens with zero attached hydrogens (tertiary/aromatic N) is 8. The summed E-state index contributed by atoms with van der Waals surface area (Å²) in [6.07, 6.45) is 2.40. The second-order valence-corrected chi connectivity index (χ2v) is 10.9. The summed E-state index contributed by atoms with van der Waals surface area (Å²) in [5, 5.41) is 15.3. The van der Waals surface area contributed by atoms with Crippen molar-refractivity contribution in [2.24, 2.45) is 10.8 Å². The maximum absolute atomic E-state index is 12.6. The first-order valence-corrected chi connectivity index (χ1v) is 11.8. The molecule has 5 heterocycles. The van der Waals surface area contributed by atoms with Gasteiger partial charge in [-0.3, -0.25) is 9.88 Å². The van der Waals surface area contributed by atoms with Crippen molar-refractivity contribution in [3.05, 3.63) is 36.0 Å².